The summed E-state index contributed by atoms with van der Waals surface area (Å²) < 4.78 is 7.71. The normalized spacial score (nSPS) is 12.7. The SMILES string of the molecule is c1ccc(N(c2ccccc2)c2ccc3c(c2)N(c2ccccc2)c2cc(N(c4ccccc4)c4ccccc4)cc4c2B3c2cc3c(nc2O4)N(c2ccccc2)c2cc(N(c4ccccc4)c4ccccc4)cc4c2B3c2ccccc2N4c2ccccc2)cc1. The summed E-state index contributed by atoms with van der Waals surface area (Å²) in [4.78, 5) is 20.5. The van der Waals surface area contributed by atoms with Crippen molar-refractivity contribution in [3.8, 4) is 11.6 Å². The second-order valence-corrected chi connectivity index (χ2v) is 23.9. The highest BCUT2D eigenvalue weighted by Gasteiger charge is 2.49. The third-order valence-corrected chi connectivity index (χ3v) is 18.5. The predicted octanol–water partition coefficient (Wildman–Crippen LogP) is 18.0. The van der Waals surface area contributed by atoms with Crippen molar-refractivity contribution >= 4 is 149 Å². The van der Waals surface area contributed by atoms with E-state index in [1.54, 1.807) is 0 Å². The second kappa shape index (κ2) is 22.3. The van der Waals surface area contributed by atoms with Crippen molar-refractivity contribution < 1.29 is 4.74 Å². The van der Waals surface area contributed by atoms with Gasteiger partial charge in [-0.15, -0.1) is 0 Å². The lowest BCUT2D eigenvalue weighted by Crippen LogP contribution is -2.64. The average Bonchev–Trinajstić information content (AvgIpc) is 0.696. The van der Waals surface area contributed by atoms with E-state index in [0.717, 1.165) is 130 Å². The maximum atomic E-state index is 7.71. The number of nitrogens with zero attached hydrogens (tertiary/aromatic N) is 7. The summed E-state index contributed by atoms with van der Waals surface area (Å²) in [7, 11) is 0. The van der Waals surface area contributed by atoms with Crippen LogP contribution in [0.4, 0.5) is 103 Å². The molecule has 0 amide bonds. The van der Waals surface area contributed by atoms with E-state index < -0.39 is 0 Å². The summed E-state index contributed by atoms with van der Waals surface area (Å²) in [6.07, 6.45) is 0. The number of fused-ring (bicyclic) bond motifs is 8. The molecule has 4 aliphatic heterocycles. The number of aromatic nitrogens is 1. The number of rotatable bonds is 12. The molecule has 0 unspecified atom stereocenters. The third kappa shape index (κ3) is 8.97. The molecule has 0 spiro atoms. The number of anilines is 18. The molecular weight excluding hydrogens is 1130 g/mol. The molecule has 0 radical (unpaired) electrons. The zero-order valence-corrected chi connectivity index (χ0v) is 50.6. The van der Waals surface area contributed by atoms with Gasteiger partial charge in [0.25, 0.3) is 13.4 Å². The summed E-state index contributed by atoms with van der Waals surface area (Å²) in [6.45, 7) is -0.572. The van der Waals surface area contributed by atoms with Crippen molar-refractivity contribution in [2.75, 3.05) is 29.4 Å². The van der Waals surface area contributed by atoms with Crippen LogP contribution < -0.4 is 66.9 Å². The van der Waals surface area contributed by atoms with Gasteiger partial charge in [-0.2, -0.15) is 4.98 Å². The van der Waals surface area contributed by atoms with Crippen molar-refractivity contribution in [3.05, 3.63) is 346 Å². The average molecular weight is 1190 g/mol. The Morgan fingerprint density at radius 1 is 0.247 bits per heavy atom. The molecule has 0 fully saturated rings. The third-order valence-electron chi connectivity index (χ3n) is 18.5. The van der Waals surface area contributed by atoms with Crippen molar-refractivity contribution in [3.63, 3.8) is 0 Å². The molecule has 1 aromatic heterocycles. The zero-order chi connectivity index (χ0) is 61.3. The van der Waals surface area contributed by atoms with E-state index in [2.05, 4.69) is 375 Å². The molecule has 0 saturated heterocycles. The van der Waals surface area contributed by atoms with Crippen LogP contribution in [0, 0.1) is 0 Å². The van der Waals surface area contributed by atoms with Crippen molar-refractivity contribution in [2.24, 2.45) is 0 Å². The maximum Gasteiger partial charge on any atom is 0.258 e. The fraction of sp³-hybridized carbons (Fsp3) is 0. The molecule has 4 aliphatic rings. The Bertz CT molecular complexity index is 4980. The molecule has 0 N–H and O–H groups in total. The van der Waals surface area contributed by atoms with E-state index in [0.29, 0.717) is 5.88 Å². The fourth-order valence-electron chi connectivity index (χ4n) is 14.7. The van der Waals surface area contributed by atoms with Gasteiger partial charge in [0.15, 0.2) is 0 Å². The van der Waals surface area contributed by atoms with Crippen LogP contribution in [0.15, 0.2) is 346 Å². The largest absolute Gasteiger partial charge is 0.440 e. The van der Waals surface area contributed by atoms with Crippen molar-refractivity contribution in [2.45, 2.75) is 0 Å². The molecule has 10 heteroatoms. The van der Waals surface area contributed by atoms with Crippen molar-refractivity contribution in [1.82, 2.24) is 4.98 Å². The van der Waals surface area contributed by atoms with Crippen LogP contribution in [0.2, 0.25) is 0 Å². The van der Waals surface area contributed by atoms with Gasteiger partial charge in [-0.1, -0.05) is 194 Å². The first kappa shape index (κ1) is 53.7. The molecule has 8 nitrogen and oxygen atoms in total. The Labute approximate surface area is 542 Å². The van der Waals surface area contributed by atoms with E-state index >= 15 is 0 Å². The van der Waals surface area contributed by atoms with Gasteiger partial charge in [-0.3, -0.25) is 4.90 Å². The van der Waals surface area contributed by atoms with Gasteiger partial charge in [0, 0.05) is 91.4 Å². The molecule has 0 aliphatic carbocycles. The Hall–Kier alpha value is -12.3. The molecule has 93 heavy (non-hydrogen) atoms. The molecule has 436 valence electrons. The van der Waals surface area contributed by atoms with Crippen LogP contribution in [0.1, 0.15) is 0 Å². The van der Waals surface area contributed by atoms with Gasteiger partial charge >= 0.3 is 0 Å². The lowest BCUT2D eigenvalue weighted by Gasteiger charge is -2.45. The van der Waals surface area contributed by atoms with Crippen LogP contribution >= 0.6 is 0 Å². The first-order chi connectivity index (χ1) is 46.2. The lowest BCUT2D eigenvalue weighted by molar-refractivity contribution is 0.468. The number of hydrogen-bond donors (Lipinski definition) is 0. The molecule has 0 atom stereocenters. The van der Waals surface area contributed by atoms with E-state index in [1.165, 1.54) is 10.9 Å². The fourth-order valence-corrected chi connectivity index (χ4v) is 14.7. The second-order valence-electron chi connectivity index (χ2n) is 23.9. The smallest absolute Gasteiger partial charge is 0.258 e. The summed E-state index contributed by atoms with van der Waals surface area (Å²) in [5.74, 6) is 2.11. The van der Waals surface area contributed by atoms with Crippen LogP contribution in [-0.4, -0.2) is 18.4 Å². The van der Waals surface area contributed by atoms with E-state index in [9.17, 15) is 0 Å². The summed E-state index contributed by atoms with van der Waals surface area (Å²) in [5, 5.41) is 0. The minimum atomic E-state index is -0.322. The van der Waals surface area contributed by atoms with Crippen molar-refractivity contribution in [1.29, 1.82) is 0 Å². The van der Waals surface area contributed by atoms with Gasteiger partial charge in [0.1, 0.15) is 11.6 Å². The quantitative estimate of drug-likeness (QED) is 0.112. The zero-order valence-electron chi connectivity index (χ0n) is 50.6. The Morgan fingerprint density at radius 3 is 1.06 bits per heavy atom. The van der Waals surface area contributed by atoms with Gasteiger partial charge in [0.05, 0.1) is 11.4 Å². The van der Waals surface area contributed by atoms with E-state index in [1.807, 2.05) is 0 Å². The number of hydrogen-bond acceptors (Lipinski definition) is 8. The molecular formula is C83H57B2N7O. The summed E-state index contributed by atoms with van der Waals surface area (Å²) in [5.41, 5.74) is 24.3. The number of para-hydroxylation sites is 10. The molecule has 5 heterocycles. The topological polar surface area (TPSA) is 41.6 Å². The minimum absolute atomic E-state index is 0.250. The monoisotopic (exact) mass is 1190 g/mol. The highest BCUT2D eigenvalue weighted by atomic mass is 16.5. The standard InChI is InChI=1S/C83H57B2N7O/c1-10-30-58(31-11-1)87(59-32-12-2-13-33-59)67-50-51-71-75(52-67)91(65-44-24-8-25-45-65)78-55-69(89(62-38-18-5-19-39-62)63-40-20-6-21-41-63)56-79-81(78)85(71)73-57-72-82(86-83(73)93-79)92(66-46-26-9-27-47-66)77-54-68(88(60-34-14-3-15-35-60)61-36-16-4-17-37-61)53-76-80(77)84(72)70-48-28-29-49-74(70)90(76)64-42-22-7-23-43-64/h1-57H. The van der Waals surface area contributed by atoms with Gasteiger partial charge in [-0.05, 0) is 178 Å². The summed E-state index contributed by atoms with van der Waals surface area (Å²) >= 11 is 0. The number of benzene rings is 13. The molecule has 14 aromatic rings. The number of pyridine rings is 1. The Kier molecular flexibility index (Phi) is 12.9. The van der Waals surface area contributed by atoms with Crippen LogP contribution in [0.25, 0.3) is 0 Å². The lowest BCUT2D eigenvalue weighted by atomic mass is 9.31. The maximum absolute atomic E-state index is 7.71. The van der Waals surface area contributed by atoms with E-state index in [4.69, 9.17) is 9.72 Å². The molecule has 0 bridgehead atoms. The van der Waals surface area contributed by atoms with E-state index in [-0.39, 0.29) is 13.4 Å². The van der Waals surface area contributed by atoms with Crippen LogP contribution in [0.5, 0.6) is 11.6 Å². The van der Waals surface area contributed by atoms with Crippen LogP contribution in [-0.2, 0) is 0 Å². The summed E-state index contributed by atoms with van der Waals surface area (Å²) in [6, 6.07) is 124. The van der Waals surface area contributed by atoms with Gasteiger partial charge in [-0.25, -0.2) is 0 Å². The first-order valence-corrected chi connectivity index (χ1v) is 31.8. The number of ether oxygens (including phenoxy) is 1. The Morgan fingerprint density at radius 2 is 0.591 bits per heavy atom. The first-order valence-electron chi connectivity index (χ1n) is 31.8. The van der Waals surface area contributed by atoms with Gasteiger partial charge < -0.3 is 29.2 Å². The molecule has 13 aromatic carbocycles. The highest BCUT2D eigenvalue weighted by molar-refractivity contribution is 7.02. The minimum Gasteiger partial charge on any atom is -0.440 e. The highest BCUT2D eigenvalue weighted by Crippen LogP contribution is 2.51. The molecule has 0 saturated carbocycles. The van der Waals surface area contributed by atoms with Crippen LogP contribution in [0.3, 0.4) is 0 Å². The molecule has 18 rings (SSSR count). The Balaban J connectivity index is 0.928. The predicted molar refractivity (Wildman–Crippen MR) is 388 cm³/mol. The van der Waals surface area contributed by atoms with Gasteiger partial charge in [0.2, 0.25) is 5.88 Å².